The second-order valence-corrected chi connectivity index (χ2v) is 8.41. The van der Waals surface area contributed by atoms with Gasteiger partial charge in [0.2, 0.25) is 5.88 Å². The van der Waals surface area contributed by atoms with Crippen molar-refractivity contribution in [3.05, 3.63) is 47.7 Å². The van der Waals surface area contributed by atoms with Gasteiger partial charge in [-0.2, -0.15) is 0 Å². The first kappa shape index (κ1) is 19.4. The van der Waals surface area contributed by atoms with E-state index in [1.54, 1.807) is 19.1 Å². The minimum atomic E-state index is -0.883. The molecule has 0 bridgehead atoms. The molecule has 7 heteroatoms. The summed E-state index contributed by atoms with van der Waals surface area (Å²) >= 11 is 0. The van der Waals surface area contributed by atoms with Crippen LogP contribution in [0.3, 0.4) is 0 Å². The van der Waals surface area contributed by atoms with Crippen molar-refractivity contribution >= 4 is 17.6 Å². The Morgan fingerprint density at radius 2 is 2.00 bits per heavy atom. The lowest BCUT2D eigenvalue weighted by Gasteiger charge is -2.32. The molecule has 152 valence electrons. The third-order valence-corrected chi connectivity index (χ3v) is 5.70. The highest BCUT2D eigenvalue weighted by atomic mass is 16.5. The molecule has 2 aromatic rings. The van der Waals surface area contributed by atoms with Gasteiger partial charge in [-0.1, -0.05) is 26.8 Å². The number of rotatable bonds is 4. The summed E-state index contributed by atoms with van der Waals surface area (Å²) in [7, 11) is 0. The molecule has 29 heavy (non-hydrogen) atoms. The molecule has 0 aliphatic carbocycles. The predicted molar refractivity (Wildman–Crippen MR) is 108 cm³/mol. The highest BCUT2D eigenvalue weighted by Crippen LogP contribution is 2.35. The van der Waals surface area contributed by atoms with Crippen LogP contribution in [0.25, 0.3) is 0 Å². The molecule has 1 atom stereocenters. The number of nitrogens with one attached hydrogen (secondary N) is 1. The maximum absolute atomic E-state index is 12.6. The number of imide groups is 1. The van der Waals surface area contributed by atoms with Crippen LogP contribution in [0, 0.1) is 0 Å². The highest BCUT2D eigenvalue weighted by Gasteiger charge is 2.47. The number of carbonyl (C=O) groups excluding carboxylic acids is 2. The SMILES string of the molecule is CC[C@@]1(C)NC(=O)N(c2ccc(Oc3ccc4c(c3)C(C)(C)COC4)nc2)C1=O. The molecule has 3 heterocycles. The van der Waals surface area contributed by atoms with E-state index in [9.17, 15) is 9.59 Å². The van der Waals surface area contributed by atoms with Gasteiger partial charge >= 0.3 is 6.03 Å². The van der Waals surface area contributed by atoms with E-state index in [0.717, 1.165) is 10.5 Å². The molecular formula is C22H25N3O4. The number of ether oxygens (including phenoxy) is 2. The van der Waals surface area contributed by atoms with Crippen LogP contribution in [0.5, 0.6) is 11.6 Å². The van der Waals surface area contributed by atoms with Gasteiger partial charge in [-0.05, 0) is 42.7 Å². The van der Waals surface area contributed by atoms with Gasteiger partial charge in [0.15, 0.2) is 0 Å². The molecule has 7 nitrogen and oxygen atoms in total. The van der Waals surface area contributed by atoms with E-state index in [-0.39, 0.29) is 11.3 Å². The van der Waals surface area contributed by atoms with Crippen molar-refractivity contribution in [3.8, 4) is 11.6 Å². The first-order valence-electron chi connectivity index (χ1n) is 9.75. The molecule has 1 saturated heterocycles. The van der Waals surface area contributed by atoms with Crippen LogP contribution in [-0.2, 0) is 21.6 Å². The minimum Gasteiger partial charge on any atom is -0.439 e. The molecule has 4 rings (SSSR count). The van der Waals surface area contributed by atoms with E-state index in [4.69, 9.17) is 9.47 Å². The normalized spacial score (nSPS) is 23.0. The molecule has 0 spiro atoms. The van der Waals surface area contributed by atoms with E-state index in [1.807, 2.05) is 25.1 Å². The summed E-state index contributed by atoms with van der Waals surface area (Å²) < 4.78 is 11.6. The Morgan fingerprint density at radius 3 is 2.66 bits per heavy atom. The standard InChI is InChI=1S/C22H25N3O4/c1-5-22(4)19(26)25(20(27)24-22)15-7-9-18(23-11-15)29-16-8-6-14-12-28-13-21(2,3)17(14)10-16/h6-11H,5,12-13H2,1-4H3,(H,24,27)/t22-/m1/s1. The van der Waals surface area contributed by atoms with E-state index in [1.165, 1.54) is 11.8 Å². The maximum atomic E-state index is 12.6. The van der Waals surface area contributed by atoms with Gasteiger partial charge in [0, 0.05) is 11.5 Å². The van der Waals surface area contributed by atoms with E-state index < -0.39 is 11.6 Å². The van der Waals surface area contributed by atoms with Crippen LogP contribution < -0.4 is 15.0 Å². The number of urea groups is 1. The molecule has 2 aliphatic rings. The van der Waals surface area contributed by atoms with E-state index >= 15 is 0 Å². The number of anilines is 1. The number of nitrogens with zero attached hydrogens (tertiary/aromatic N) is 2. The zero-order valence-electron chi connectivity index (χ0n) is 17.1. The van der Waals surface area contributed by atoms with Crippen LogP contribution in [0.2, 0.25) is 0 Å². The molecule has 1 N–H and O–H groups in total. The summed E-state index contributed by atoms with van der Waals surface area (Å²) in [6.07, 6.45) is 1.99. The predicted octanol–water partition coefficient (Wildman–Crippen LogP) is 3.91. The summed E-state index contributed by atoms with van der Waals surface area (Å²) in [5.41, 5.74) is 1.82. The second kappa shape index (κ2) is 6.84. The summed E-state index contributed by atoms with van der Waals surface area (Å²) in [5, 5.41) is 2.74. The van der Waals surface area contributed by atoms with Crippen molar-refractivity contribution in [1.82, 2.24) is 10.3 Å². The third kappa shape index (κ3) is 3.35. The van der Waals surface area contributed by atoms with Gasteiger partial charge in [-0.25, -0.2) is 14.7 Å². The Labute approximate surface area is 170 Å². The largest absolute Gasteiger partial charge is 0.439 e. The fourth-order valence-electron chi connectivity index (χ4n) is 3.71. The summed E-state index contributed by atoms with van der Waals surface area (Å²) in [5.74, 6) is 0.802. The maximum Gasteiger partial charge on any atom is 0.329 e. The Hall–Kier alpha value is -2.93. The van der Waals surface area contributed by atoms with Gasteiger partial charge in [-0.3, -0.25) is 4.79 Å². The van der Waals surface area contributed by atoms with Crippen LogP contribution in [0.4, 0.5) is 10.5 Å². The summed E-state index contributed by atoms with van der Waals surface area (Å²) in [6.45, 7) is 9.14. The Kier molecular flexibility index (Phi) is 4.58. The third-order valence-electron chi connectivity index (χ3n) is 5.70. The van der Waals surface area contributed by atoms with Gasteiger partial charge in [0.1, 0.15) is 11.3 Å². The molecule has 1 aromatic carbocycles. The van der Waals surface area contributed by atoms with Gasteiger partial charge in [0.05, 0.1) is 25.1 Å². The molecule has 0 unspecified atom stereocenters. The quantitative estimate of drug-likeness (QED) is 0.794. The second-order valence-electron chi connectivity index (χ2n) is 8.41. The minimum absolute atomic E-state index is 0.0837. The van der Waals surface area contributed by atoms with Crippen LogP contribution in [0.15, 0.2) is 36.5 Å². The van der Waals surface area contributed by atoms with Crippen molar-refractivity contribution in [2.24, 2.45) is 0 Å². The smallest absolute Gasteiger partial charge is 0.329 e. The number of fused-ring (bicyclic) bond motifs is 1. The lowest BCUT2D eigenvalue weighted by atomic mass is 9.81. The Bertz CT molecular complexity index is 971. The van der Waals surface area contributed by atoms with Crippen molar-refractivity contribution < 1.29 is 19.1 Å². The number of amides is 3. The number of benzene rings is 1. The van der Waals surface area contributed by atoms with Gasteiger partial charge in [-0.15, -0.1) is 0 Å². The first-order valence-corrected chi connectivity index (χ1v) is 9.75. The molecule has 1 aromatic heterocycles. The molecule has 2 aliphatic heterocycles. The number of hydrogen-bond donors (Lipinski definition) is 1. The average molecular weight is 395 g/mol. The van der Waals surface area contributed by atoms with E-state index in [0.29, 0.717) is 37.0 Å². The fraction of sp³-hybridized carbons (Fsp3) is 0.409. The lowest BCUT2D eigenvalue weighted by Crippen LogP contribution is -2.43. The Balaban J connectivity index is 1.54. The average Bonchev–Trinajstić information content (AvgIpc) is 2.92. The molecule has 0 saturated carbocycles. The first-order chi connectivity index (χ1) is 13.7. The number of carbonyl (C=O) groups is 2. The van der Waals surface area contributed by atoms with Gasteiger partial charge in [0.25, 0.3) is 5.91 Å². The zero-order chi connectivity index (χ0) is 20.8. The fourth-order valence-corrected chi connectivity index (χ4v) is 3.71. The molecule has 1 fully saturated rings. The Morgan fingerprint density at radius 1 is 1.21 bits per heavy atom. The highest BCUT2D eigenvalue weighted by molar-refractivity contribution is 6.23. The van der Waals surface area contributed by atoms with Crippen molar-refractivity contribution in [2.75, 3.05) is 11.5 Å². The monoisotopic (exact) mass is 395 g/mol. The zero-order valence-corrected chi connectivity index (χ0v) is 17.1. The number of pyridine rings is 1. The summed E-state index contributed by atoms with van der Waals surface area (Å²) in [4.78, 5) is 30.3. The topological polar surface area (TPSA) is 80.8 Å². The van der Waals surface area contributed by atoms with Crippen molar-refractivity contribution in [3.63, 3.8) is 0 Å². The van der Waals surface area contributed by atoms with Crippen molar-refractivity contribution in [2.45, 2.75) is 51.7 Å². The van der Waals surface area contributed by atoms with Crippen LogP contribution in [0.1, 0.15) is 45.2 Å². The van der Waals surface area contributed by atoms with Gasteiger partial charge < -0.3 is 14.8 Å². The molecular weight excluding hydrogens is 370 g/mol. The van der Waals surface area contributed by atoms with Crippen molar-refractivity contribution in [1.29, 1.82) is 0 Å². The number of hydrogen-bond acceptors (Lipinski definition) is 5. The van der Waals surface area contributed by atoms with Crippen LogP contribution in [-0.4, -0.2) is 29.1 Å². The number of aromatic nitrogens is 1. The lowest BCUT2D eigenvalue weighted by molar-refractivity contribution is -0.121. The van der Waals surface area contributed by atoms with E-state index in [2.05, 4.69) is 24.1 Å². The van der Waals surface area contributed by atoms with Crippen LogP contribution >= 0.6 is 0 Å². The molecule has 0 radical (unpaired) electrons. The molecule has 3 amide bonds. The summed E-state index contributed by atoms with van der Waals surface area (Å²) in [6, 6.07) is 8.82.